The van der Waals surface area contributed by atoms with Crippen LogP contribution in [-0.2, 0) is 11.2 Å². The molecule has 1 aromatic heterocycles. The normalized spacial score (nSPS) is 10.1. The minimum atomic E-state index is 0.0545. The molecule has 0 saturated heterocycles. The number of nitrogens with zero attached hydrogens (tertiary/aromatic N) is 2. The fraction of sp³-hybridized carbons (Fsp3) is 0.625. The summed E-state index contributed by atoms with van der Waals surface area (Å²) in [6, 6.07) is 0. The molecule has 1 amide bonds. The van der Waals surface area contributed by atoms with Crippen LogP contribution in [-0.4, -0.2) is 41.2 Å². The molecule has 0 fully saturated rings. The molecule has 6 heteroatoms. The van der Waals surface area contributed by atoms with Gasteiger partial charge in [0.2, 0.25) is 5.91 Å². The first-order chi connectivity index (χ1) is 6.83. The predicted octanol–water partition coefficient (Wildman–Crippen LogP) is -0.927. The van der Waals surface area contributed by atoms with Crippen LogP contribution in [0.2, 0.25) is 0 Å². The SMILES string of the molecule is CNCCC(=O)NCCc1ncn[nH]1. The van der Waals surface area contributed by atoms with Crippen molar-refractivity contribution in [2.45, 2.75) is 12.8 Å². The van der Waals surface area contributed by atoms with Crippen LogP contribution in [0.1, 0.15) is 12.2 Å². The maximum Gasteiger partial charge on any atom is 0.221 e. The van der Waals surface area contributed by atoms with E-state index in [9.17, 15) is 4.79 Å². The Morgan fingerprint density at radius 1 is 1.57 bits per heavy atom. The fourth-order valence-electron chi connectivity index (χ4n) is 0.998. The number of hydrogen-bond donors (Lipinski definition) is 3. The lowest BCUT2D eigenvalue weighted by Gasteiger charge is -2.02. The Morgan fingerprint density at radius 2 is 2.43 bits per heavy atom. The van der Waals surface area contributed by atoms with Gasteiger partial charge in [-0.1, -0.05) is 0 Å². The summed E-state index contributed by atoms with van der Waals surface area (Å²) in [7, 11) is 1.82. The summed E-state index contributed by atoms with van der Waals surface area (Å²) >= 11 is 0. The first-order valence-electron chi connectivity index (χ1n) is 4.58. The van der Waals surface area contributed by atoms with Gasteiger partial charge < -0.3 is 10.6 Å². The standard InChI is InChI=1S/C8H15N5O/c1-9-4-3-8(14)10-5-2-7-11-6-12-13-7/h6,9H,2-5H2,1H3,(H,10,14)(H,11,12,13). The molecular weight excluding hydrogens is 182 g/mol. The largest absolute Gasteiger partial charge is 0.356 e. The Morgan fingerprint density at radius 3 is 3.07 bits per heavy atom. The highest BCUT2D eigenvalue weighted by Gasteiger charge is 2.00. The van der Waals surface area contributed by atoms with Gasteiger partial charge in [0.05, 0.1) is 0 Å². The molecule has 1 aromatic rings. The third kappa shape index (κ3) is 3.99. The van der Waals surface area contributed by atoms with Gasteiger partial charge in [-0.25, -0.2) is 4.98 Å². The number of carbonyl (C=O) groups excluding carboxylic acids is 1. The zero-order valence-corrected chi connectivity index (χ0v) is 8.21. The number of amides is 1. The summed E-state index contributed by atoms with van der Waals surface area (Å²) in [6.07, 6.45) is 2.65. The molecule has 0 aliphatic heterocycles. The lowest BCUT2D eigenvalue weighted by Crippen LogP contribution is -2.28. The van der Waals surface area contributed by atoms with Crippen molar-refractivity contribution in [3.8, 4) is 0 Å². The number of rotatable bonds is 6. The number of nitrogens with one attached hydrogen (secondary N) is 3. The van der Waals surface area contributed by atoms with Crippen molar-refractivity contribution in [2.75, 3.05) is 20.1 Å². The van der Waals surface area contributed by atoms with Crippen LogP contribution in [0.15, 0.2) is 6.33 Å². The smallest absolute Gasteiger partial charge is 0.221 e. The molecule has 78 valence electrons. The van der Waals surface area contributed by atoms with E-state index < -0.39 is 0 Å². The zero-order valence-electron chi connectivity index (χ0n) is 8.21. The van der Waals surface area contributed by atoms with E-state index in [0.717, 1.165) is 5.82 Å². The first kappa shape index (κ1) is 10.6. The van der Waals surface area contributed by atoms with Crippen LogP contribution in [0.4, 0.5) is 0 Å². The molecular formula is C8H15N5O. The van der Waals surface area contributed by atoms with Gasteiger partial charge in [-0.05, 0) is 7.05 Å². The quantitative estimate of drug-likeness (QED) is 0.550. The van der Waals surface area contributed by atoms with Crippen LogP contribution in [0.3, 0.4) is 0 Å². The second-order valence-electron chi connectivity index (χ2n) is 2.89. The number of hydrogen-bond acceptors (Lipinski definition) is 4. The molecule has 0 aliphatic carbocycles. The summed E-state index contributed by atoms with van der Waals surface area (Å²) in [6.45, 7) is 1.30. The second-order valence-corrected chi connectivity index (χ2v) is 2.89. The minimum Gasteiger partial charge on any atom is -0.356 e. The Labute approximate surface area is 82.5 Å². The van der Waals surface area contributed by atoms with Gasteiger partial charge in [-0.2, -0.15) is 5.10 Å². The van der Waals surface area contributed by atoms with Gasteiger partial charge in [-0.3, -0.25) is 9.89 Å². The summed E-state index contributed by atoms with van der Waals surface area (Å²) < 4.78 is 0. The van der Waals surface area contributed by atoms with Gasteiger partial charge in [0.15, 0.2) is 0 Å². The highest BCUT2D eigenvalue weighted by atomic mass is 16.1. The van der Waals surface area contributed by atoms with Crippen LogP contribution in [0.25, 0.3) is 0 Å². The third-order valence-corrected chi connectivity index (χ3v) is 1.75. The monoisotopic (exact) mass is 197 g/mol. The van der Waals surface area contributed by atoms with Gasteiger partial charge >= 0.3 is 0 Å². The topological polar surface area (TPSA) is 82.7 Å². The van der Waals surface area contributed by atoms with Gasteiger partial charge in [0.25, 0.3) is 0 Å². The molecule has 3 N–H and O–H groups in total. The van der Waals surface area contributed by atoms with Crippen molar-refractivity contribution in [2.24, 2.45) is 0 Å². The second kappa shape index (κ2) is 6.09. The van der Waals surface area contributed by atoms with Gasteiger partial charge in [0, 0.05) is 25.9 Å². The summed E-state index contributed by atoms with van der Waals surface area (Å²) in [4.78, 5) is 15.1. The van der Waals surface area contributed by atoms with Crippen molar-refractivity contribution in [3.05, 3.63) is 12.2 Å². The first-order valence-corrected chi connectivity index (χ1v) is 4.58. The fourth-order valence-corrected chi connectivity index (χ4v) is 0.998. The Bertz CT molecular complexity index is 259. The molecule has 6 nitrogen and oxygen atoms in total. The van der Waals surface area contributed by atoms with E-state index >= 15 is 0 Å². The summed E-state index contributed by atoms with van der Waals surface area (Å²) in [5, 5.41) is 12.1. The molecule has 1 heterocycles. The minimum absolute atomic E-state index is 0.0545. The molecule has 0 unspecified atom stereocenters. The number of aromatic amines is 1. The maximum atomic E-state index is 11.1. The van der Waals surface area contributed by atoms with Crippen LogP contribution in [0, 0.1) is 0 Å². The molecule has 14 heavy (non-hydrogen) atoms. The van der Waals surface area contributed by atoms with E-state index in [0.29, 0.717) is 25.9 Å². The molecule has 0 aliphatic rings. The molecule has 0 spiro atoms. The van der Waals surface area contributed by atoms with E-state index in [1.165, 1.54) is 6.33 Å². The highest BCUT2D eigenvalue weighted by Crippen LogP contribution is 1.85. The Balaban J connectivity index is 2.06. The van der Waals surface area contributed by atoms with Crippen molar-refractivity contribution in [1.29, 1.82) is 0 Å². The third-order valence-electron chi connectivity index (χ3n) is 1.75. The zero-order chi connectivity index (χ0) is 10.2. The van der Waals surface area contributed by atoms with Gasteiger partial charge in [-0.15, -0.1) is 0 Å². The number of aromatic nitrogens is 3. The average molecular weight is 197 g/mol. The average Bonchev–Trinajstić information content (AvgIpc) is 2.67. The lowest BCUT2D eigenvalue weighted by molar-refractivity contribution is -0.120. The molecule has 0 bridgehead atoms. The van der Waals surface area contributed by atoms with Crippen molar-refractivity contribution >= 4 is 5.91 Å². The van der Waals surface area contributed by atoms with E-state index in [1.807, 2.05) is 7.05 Å². The molecule has 0 aromatic carbocycles. The number of carbonyl (C=O) groups is 1. The van der Waals surface area contributed by atoms with Crippen LogP contribution >= 0.6 is 0 Å². The number of H-pyrrole nitrogens is 1. The van der Waals surface area contributed by atoms with E-state index in [1.54, 1.807) is 0 Å². The summed E-state index contributed by atoms with van der Waals surface area (Å²) in [5.41, 5.74) is 0. The molecule has 0 atom stereocenters. The molecule has 0 saturated carbocycles. The van der Waals surface area contributed by atoms with Crippen molar-refractivity contribution < 1.29 is 4.79 Å². The maximum absolute atomic E-state index is 11.1. The highest BCUT2D eigenvalue weighted by molar-refractivity contribution is 5.75. The summed E-state index contributed by atoms with van der Waals surface area (Å²) in [5.74, 6) is 0.845. The van der Waals surface area contributed by atoms with E-state index in [-0.39, 0.29) is 5.91 Å². The Hall–Kier alpha value is -1.43. The van der Waals surface area contributed by atoms with Crippen molar-refractivity contribution in [3.63, 3.8) is 0 Å². The molecule has 1 rings (SSSR count). The Kier molecular flexibility index (Phi) is 4.63. The lowest BCUT2D eigenvalue weighted by atomic mass is 10.3. The van der Waals surface area contributed by atoms with E-state index in [4.69, 9.17) is 0 Å². The van der Waals surface area contributed by atoms with Crippen molar-refractivity contribution in [1.82, 2.24) is 25.8 Å². The molecule has 0 radical (unpaired) electrons. The van der Waals surface area contributed by atoms with Gasteiger partial charge in [0.1, 0.15) is 12.2 Å². The van der Waals surface area contributed by atoms with Crippen LogP contribution < -0.4 is 10.6 Å². The predicted molar refractivity (Wildman–Crippen MR) is 51.6 cm³/mol. The van der Waals surface area contributed by atoms with Crippen LogP contribution in [0.5, 0.6) is 0 Å². The van der Waals surface area contributed by atoms with E-state index in [2.05, 4.69) is 25.8 Å².